The molecule has 1 fully saturated rings. The molecule has 1 saturated heterocycles. The number of piperidine rings is 1. The molecule has 3 rings (SSSR count). The number of halogens is 2. The third-order valence-corrected chi connectivity index (χ3v) is 7.54. The first-order valence-electron chi connectivity index (χ1n) is 11.4. The van der Waals surface area contributed by atoms with Crippen molar-refractivity contribution in [3.05, 3.63) is 55.7 Å². The van der Waals surface area contributed by atoms with Crippen molar-refractivity contribution in [1.29, 1.82) is 0 Å². The van der Waals surface area contributed by atoms with Crippen LogP contribution in [0.25, 0.3) is 0 Å². The van der Waals surface area contributed by atoms with E-state index in [0.29, 0.717) is 34.7 Å². The Balaban J connectivity index is 1.48. The number of carbonyl (C=O) groups excluding carboxylic acids is 2. The van der Waals surface area contributed by atoms with Crippen molar-refractivity contribution in [3.8, 4) is 0 Å². The summed E-state index contributed by atoms with van der Waals surface area (Å²) in [4.78, 5) is 34.3. The Hall–Kier alpha value is -1.84. The Labute approximate surface area is 215 Å². The maximum atomic E-state index is 12.6. The van der Waals surface area contributed by atoms with Crippen LogP contribution in [0.15, 0.2) is 29.0 Å². The molecule has 0 radical (unpaired) electrons. The molecule has 1 atom stereocenters. The minimum atomic E-state index is -0.255. The fourth-order valence-electron chi connectivity index (χ4n) is 4.31. The average Bonchev–Trinajstić information content (AvgIpc) is 3.30. The highest BCUT2D eigenvalue weighted by atomic mass is 35.5. The van der Waals surface area contributed by atoms with E-state index in [1.807, 2.05) is 23.3 Å². The first-order valence-corrected chi connectivity index (χ1v) is 13.1. The molecule has 0 spiro atoms. The molecule has 0 aliphatic carbocycles. The number of hydroxylamine groups is 1. The number of amides is 3. The van der Waals surface area contributed by atoms with Crippen LogP contribution < -0.4 is 10.8 Å². The normalized spacial score (nSPS) is 15.7. The lowest BCUT2D eigenvalue weighted by Crippen LogP contribution is -2.51. The van der Waals surface area contributed by atoms with Crippen LogP contribution in [0, 0.1) is 6.92 Å². The van der Waals surface area contributed by atoms with Crippen LogP contribution in [0.1, 0.15) is 47.7 Å². The molecule has 2 heterocycles. The third-order valence-electron chi connectivity index (χ3n) is 6.21. The molecule has 2 N–H and O–H groups in total. The monoisotopic (exact) mass is 526 g/mol. The van der Waals surface area contributed by atoms with E-state index in [1.165, 1.54) is 7.11 Å². The van der Waals surface area contributed by atoms with Gasteiger partial charge in [-0.05, 0) is 73.2 Å². The lowest BCUT2D eigenvalue weighted by atomic mass is 10.0. The number of rotatable bonds is 9. The van der Waals surface area contributed by atoms with Crippen molar-refractivity contribution in [2.45, 2.75) is 51.7 Å². The molecule has 1 aliphatic heterocycles. The lowest BCUT2D eigenvalue weighted by molar-refractivity contribution is 0.0565. The van der Waals surface area contributed by atoms with Crippen molar-refractivity contribution in [2.75, 3.05) is 26.7 Å². The van der Waals surface area contributed by atoms with Crippen LogP contribution in [0.4, 0.5) is 4.79 Å². The van der Waals surface area contributed by atoms with Gasteiger partial charge in [0.2, 0.25) is 0 Å². The number of benzene rings is 1. The fraction of sp³-hybridized carbons (Fsp3) is 0.500. The summed E-state index contributed by atoms with van der Waals surface area (Å²) >= 11 is 14.1. The van der Waals surface area contributed by atoms with Gasteiger partial charge in [0.1, 0.15) is 0 Å². The summed E-state index contributed by atoms with van der Waals surface area (Å²) in [5, 5.41) is 7.75. The van der Waals surface area contributed by atoms with E-state index in [0.717, 1.165) is 43.5 Å². The quantitative estimate of drug-likeness (QED) is 0.445. The molecule has 0 saturated carbocycles. The van der Waals surface area contributed by atoms with Gasteiger partial charge in [0.15, 0.2) is 0 Å². The molecule has 10 heteroatoms. The maximum absolute atomic E-state index is 12.6. The van der Waals surface area contributed by atoms with Crippen molar-refractivity contribution in [2.24, 2.45) is 0 Å². The number of hydrogen-bond acceptors (Lipinski definition) is 5. The molecule has 1 aromatic heterocycles. The zero-order chi connectivity index (χ0) is 24.7. The highest BCUT2D eigenvalue weighted by molar-refractivity contribution is 7.07. The molecule has 34 heavy (non-hydrogen) atoms. The molecule has 7 nitrogen and oxygen atoms in total. The first kappa shape index (κ1) is 26.8. The van der Waals surface area contributed by atoms with Crippen molar-refractivity contribution < 1.29 is 14.4 Å². The maximum Gasteiger partial charge on any atom is 0.341 e. The highest BCUT2D eigenvalue weighted by Crippen LogP contribution is 2.26. The van der Waals surface area contributed by atoms with E-state index in [2.05, 4.69) is 28.0 Å². The van der Waals surface area contributed by atoms with E-state index in [-0.39, 0.29) is 18.0 Å². The Kier molecular flexibility index (Phi) is 10.0. The van der Waals surface area contributed by atoms with Crippen LogP contribution >= 0.6 is 34.5 Å². The molecule has 186 valence electrons. The van der Waals surface area contributed by atoms with Crippen molar-refractivity contribution in [3.63, 3.8) is 0 Å². The highest BCUT2D eigenvalue weighted by Gasteiger charge is 2.30. The van der Waals surface area contributed by atoms with E-state index in [4.69, 9.17) is 28.0 Å². The van der Waals surface area contributed by atoms with E-state index in [1.54, 1.807) is 23.5 Å². The van der Waals surface area contributed by atoms with Crippen LogP contribution in [-0.4, -0.2) is 60.6 Å². The third kappa shape index (κ3) is 7.09. The van der Waals surface area contributed by atoms with Gasteiger partial charge in [0, 0.05) is 38.3 Å². The smallest absolute Gasteiger partial charge is 0.341 e. The number of urea groups is 1. The number of hydrogen-bond donors (Lipinski definition) is 2. The summed E-state index contributed by atoms with van der Waals surface area (Å²) in [6.07, 6.45) is 2.57. The van der Waals surface area contributed by atoms with Gasteiger partial charge in [0.25, 0.3) is 5.91 Å². The minimum absolute atomic E-state index is 0.143. The molecule has 3 amide bonds. The number of aryl methyl sites for hydroxylation is 1. The molecule has 1 aromatic carbocycles. The van der Waals surface area contributed by atoms with E-state index in [9.17, 15) is 9.59 Å². The number of carbonyl (C=O) groups is 2. The van der Waals surface area contributed by atoms with Gasteiger partial charge in [0.05, 0.1) is 22.7 Å². The number of nitrogens with zero attached hydrogens (tertiary/aromatic N) is 2. The molecular weight excluding hydrogens is 495 g/mol. The zero-order valence-corrected chi connectivity index (χ0v) is 22.1. The second-order valence-electron chi connectivity index (χ2n) is 8.64. The van der Waals surface area contributed by atoms with Crippen molar-refractivity contribution >= 4 is 46.5 Å². The Morgan fingerprint density at radius 3 is 2.53 bits per heavy atom. The second-order valence-corrected chi connectivity index (χ2v) is 10.2. The number of nitrogens with one attached hydrogen (secondary N) is 2. The fourth-order valence-corrected chi connectivity index (χ4v) is 5.74. The number of thiophene rings is 1. The van der Waals surface area contributed by atoms with Crippen LogP contribution in [0.2, 0.25) is 10.0 Å². The van der Waals surface area contributed by atoms with Gasteiger partial charge >= 0.3 is 6.03 Å². The molecule has 0 unspecified atom stereocenters. The summed E-state index contributed by atoms with van der Waals surface area (Å²) < 4.78 is 0. The summed E-state index contributed by atoms with van der Waals surface area (Å²) in [5.41, 5.74) is 4.83. The summed E-state index contributed by atoms with van der Waals surface area (Å²) in [6, 6.07) is 5.75. The summed E-state index contributed by atoms with van der Waals surface area (Å²) in [6.45, 7) is 6.91. The van der Waals surface area contributed by atoms with Crippen LogP contribution in [0.3, 0.4) is 0 Å². The van der Waals surface area contributed by atoms with Gasteiger partial charge in [-0.1, -0.05) is 23.2 Å². The van der Waals surface area contributed by atoms with Gasteiger partial charge < -0.3 is 15.1 Å². The van der Waals surface area contributed by atoms with Gasteiger partial charge in [-0.2, -0.15) is 11.3 Å². The van der Waals surface area contributed by atoms with Gasteiger partial charge in [-0.25, -0.2) is 10.3 Å². The minimum Gasteiger partial charge on any atom is -0.352 e. The molecular formula is C24H32Cl2N4O3S. The Morgan fingerprint density at radius 1 is 1.26 bits per heavy atom. The van der Waals surface area contributed by atoms with Gasteiger partial charge in [-0.3, -0.25) is 9.63 Å². The predicted octanol–water partition coefficient (Wildman–Crippen LogP) is 5.11. The van der Waals surface area contributed by atoms with E-state index < -0.39 is 0 Å². The SMILES string of the molecule is CONC(=O)N(Cc1ccsc1)C1CCN([C@H](C)CCNC(=O)c2c(Cl)cc(C)cc2Cl)CC1. The zero-order valence-electron chi connectivity index (χ0n) is 19.8. The summed E-state index contributed by atoms with van der Waals surface area (Å²) in [7, 11) is 1.45. The topological polar surface area (TPSA) is 73.9 Å². The van der Waals surface area contributed by atoms with Gasteiger partial charge in [-0.15, -0.1) is 0 Å². The molecule has 1 aliphatic rings. The number of likely N-dealkylation sites (tertiary alicyclic amines) is 1. The Morgan fingerprint density at radius 2 is 1.94 bits per heavy atom. The first-order chi connectivity index (χ1) is 16.3. The van der Waals surface area contributed by atoms with E-state index >= 15 is 0 Å². The van der Waals surface area contributed by atoms with Crippen molar-refractivity contribution in [1.82, 2.24) is 20.6 Å². The molecule has 2 aromatic rings. The molecule has 0 bridgehead atoms. The summed E-state index contributed by atoms with van der Waals surface area (Å²) in [5.74, 6) is -0.255. The van der Waals surface area contributed by atoms with Crippen LogP contribution in [-0.2, 0) is 11.4 Å². The Bertz CT molecular complexity index is 942. The standard InChI is InChI=1S/C24H32Cl2N4O3S/c1-16-12-20(25)22(21(26)13-16)23(31)27-8-4-17(2)29-9-5-19(6-10-29)30(24(32)28-33-3)14-18-7-11-34-15-18/h7,11-13,15,17,19H,4-6,8-10,14H2,1-3H3,(H,27,31)(H,28,32)/t17-/m1/s1. The predicted molar refractivity (Wildman–Crippen MR) is 138 cm³/mol. The average molecular weight is 528 g/mol. The van der Waals surface area contributed by atoms with Crippen LogP contribution in [0.5, 0.6) is 0 Å². The lowest BCUT2D eigenvalue weighted by Gasteiger charge is -2.40. The largest absolute Gasteiger partial charge is 0.352 e. The second kappa shape index (κ2) is 12.7.